The van der Waals surface area contributed by atoms with Gasteiger partial charge < -0.3 is 9.64 Å². The van der Waals surface area contributed by atoms with Crippen LogP contribution in [0.5, 0.6) is 5.88 Å². The fourth-order valence-electron chi connectivity index (χ4n) is 2.94. The molecule has 1 atom stereocenters. The number of piperazine rings is 1. The van der Waals surface area contributed by atoms with E-state index in [1.807, 2.05) is 19.1 Å². The molecule has 1 saturated heterocycles. The van der Waals surface area contributed by atoms with Crippen molar-refractivity contribution in [2.75, 3.05) is 31.6 Å². The highest BCUT2D eigenvalue weighted by atomic mass is 19.4. The number of methoxy groups -OCH3 is 1. The molecule has 0 spiro atoms. The Morgan fingerprint density at radius 2 is 2.00 bits per heavy atom. The molecule has 26 heavy (non-hydrogen) atoms. The Morgan fingerprint density at radius 3 is 2.69 bits per heavy atom. The van der Waals surface area contributed by atoms with Crippen molar-refractivity contribution in [3.05, 3.63) is 41.9 Å². The summed E-state index contributed by atoms with van der Waals surface area (Å²) >= 11 is 0. The lowest BCUT2D eigenvalue weighted by atomic mass is 10.2. The Morgan fingerprint density at radius 1 is 1.19 bits per heavy atom. The van der Waals surface area contributed by atoms with Crippen LogP contribution in [0.15, 0.2) is 30.5 Å². The molecule has 0 bridgehead atoms. The molecular weight excluding hydrogens is 347 g/mol. The van der Waals surface area contributed by atoms with E-state index in [0.717, 1.165) is 18.0 Å². The number of aromatic nitrogens is 3. The molecule has 0 radical (unpaired) electrons. The lowest BCUT2D eigenvalue weighted by Crippen LogP contribution is -2.52. The van der Waals surface area contributed by atoms with Crippen molar-refractivity contribution in [1.29, 1.82) is 0 Å². The Labute approximate surface area is 149 Å². The van der Waals surface area contributed by atoms with Crippen molar-refractivity contribution in [2.24, 2.45) is 0 Å². The van der Waals surface area contributed by atoms with E-state index in [-0.39, 0.29) is 12.0 Å². The summed E-state index contributed by atoms with van der Waals surface area (Å²) in [7, 11) is 1.57. The zero-order chi connectivity index (χ0) is 18.7. The van der Waals surface area contributed by atoms with Crippen LogP contribution in [0.2, 0.25) is 0 Å². The molecule has 0 N–H and O–H groups in total. The fraction of sp³-hybridized carbons (Fsp3) is 0.471. The largest absolute Gasteiger partial charge is 0.481 e. The maximum atomic E-state index is 12.8. The summed E-state index contributed by atoms with van der Waals surface area (Å²) in [5.74, 6) is 0.678. The minimum absolute atomic E-state index is 0.117. The number of hydrogen-bond acceptors (Lipinski definition) is 6. The zero-order valence-corrected chi connectivity index (χ0v) is 14.6. The molecule has 6 nitrogen and oxygen atoms in total. The van der Waals surface area contributed by atoms with E-state index < -0.39 is 11.9 Å². The van der Waals surface area contributed by atoms with Crippen molar-refractivity contribution in [1.82, 2.24) is 19.9 Å². The molecule has 3 heterocycles. The van der Waals surface area contributed by atoms with Crippen LogP contribution in [0.4, 0.5) is 19.1 Å². The number of nitrogens with zero attached hydrogens (tertiary/aromatic N) is 5. The minimum atomic E-state index is -4.47. The van der Waals surface area contributed by atoms with Crippen molar-refractivity contribution in [3.8, 4) is 5.88 Å². The lowest BCUT2D eigenvalue weighted by Gasteiger charge is -2.39. The van der Waals surface area contributed by atoms with Crippen molar-refractivity contribution >= 4 is 5.95 Å². The van der Waals surface area contributed by atoms with Crippen LogP contribution >= 0.6 is 0 Å². The van der Waals surface area contributed by atoms with Gasteiger partial charge in [0, 0.05) is 44.5 Å². The number of anilines is 1. The molecule has 2 aromatic rings. The van der Waals surface area contributed by atoms with E-state index in [1.165, 1.54) is 0 Å². The highest BCUT2D eigenvalue weighted by Crippen LogP contribution is 2.28. The van der Waals surface area contributed by atoms with Crippen LogP contribution in [0, 0.1) is 0 Å². The second kappa shape index (κ2) is 7.45. The molecule has 1 fully saturated rings. The van der Waals surface area contributed by atoms with Gasteiger partial charge in [-0.05, 0) is 19.1 Å². The van der Waals surface area contributed by atoms with Crippen molar-refractivity contribution in [3.63, 3.8) is 0 Å². The summed E-state index contributed by atoms with van der Waals surface area (Å²) < 4.78 is 43.7. The van der Waals surface area contributed by atoms with Gasteiger partial charge >= 0.3 is 6.18 Å². The first-order valence-corrected chi connectivity index (χ1v) is 8.26. The molecule has 0 amide bonds. The van der Waals surface area contributed by atoms with Crippen molar-refractivity contribution in [2.45, 2.75) is 25.7 Å². The summed E-state index contributed by atoms with van der Waals surface area (Å²) in [5, 5.41) is 0. The quantitative estimate of drug-likeness (QED) is 0.828. The van der Waals surface area contributed by atoms with Crippen LogP contribution in [0.3, 0.4) is 0 Å². The monoisotopic (exact) mass is 367 g/mol. The maximum Gasteiger partial charge on any atom is 0.433 e. The van der Waals surface area contributed by atoms with Gasteiger partial charge in [0.05, 0.1) is 12.8 Å². The Balaban J connectivity index is 1.67. The second-order valence-electron chi connectivity index (χ2n) is 6.18. The average Bonchev–Trinajstić information content (AvgIpc) is 2.63. The van der Waals surface area contributed by atoms with Gasteiger partial charge in [0.25, 0.3) is 0 Å². The topological polar surface area (TPSA) is 54.4 Å². The number of pyridine rings is 1. The maximum absolute atomic E-state index is 12.8. The van der Waals surface area contributed by atoms with Gasteiger partial charge in [0.2, 0.25) is 11.8 Å². The third-order valence-electron chi connectivity index (χ3n) is 4.34. The molecule has 9 heteroatoms. The van der Waals surface area contributed by atoms with Gasteiger partial charge in [-0.15, -0.1) is 0 Å². The van der Waals surface area contributed by atoms with E-state index in [9.17, 15) is 13.2 Å². The van der Waals surface area contributed by atoms with Crippen LogP contribution in [0.25, 0.3) is 0 Å². The van der Waals surface area contributed by atoms with Gasteiger partial charge in [-0.3, -0.25) is 4.90 Å². The van der Waals surface area contributed by atoms with Gasteiger partial charge in [0.1, 0.15) is 5.69 Å². The summed E-state index contributed by atoms with van der Waals surface area (Å²) in [6.07, 6.45) is -3.31. The van der Waals surface area contributed by atoms with Crippen LogP contribution < -0.4 is 9.64 Å². The third kappa shape index (κ3) is 4.21. The van der Waals surface area contributed by atoms with E-state index in [0.29, 0.717) is 32.1 Å². The van der Waals surface area contributed by atoms with Gasteiger partial charge in [0.15, 0.2) is 0 Å². The van der Waals surface area contributed by atoms with E-state index >= 15 is 0 Å². The summed E-state index contributed by atoms with van der Waals surface area (Å²) in [4.78, 5) is 16.1. The molecule has 2 aromatic heterocycles. The van der Waals surface area contributed by atoms with E-state index in [1.54, 1.807) is 18.1 Å². The number of ether oxygens (including phenoxy) is 1. The Hall–Kier alpha value is -2.42. The smallest absolute Gasteiger partial charge is 0.433 e. The molecule has 0 saturated carbocycles. The third-order valence-corrected chi connectivity index (χ3v) is 4.34. The second-order valence-corrected chi connectivity index (χ2v) is 6.18. The van der Waals surface area contributed by atoms with E-state index in [2.05, 4.69) is 19.9 Å². The van der Waals surface area contributed by atoms with Gasteiger partial charge in [-0.25, -0.2) is 15.0 Å². The standard InChI is InChI=1S/C17H20F3N5O/c1-12-10-25(16-21-7-6-14(23-16)17(18,19)20)9-8-24(12)11-13-4-3-5-15(22-13)26-2/h3-7,12H,8-11H2,1-2H3. The summed E-state index contributed by atoms with van der Waals surface area (Å²) in [5.41, 5.74) is -0.0295. The van der Waals surface area contributed by atoms with Gasteiger partial charge in [-0.1, -0.05) is 6.07 Å². The number of hydrogen-bond donors (Lipinski definition) is 0. The normalized spacial score (nSPS) is 18.8. The lowest BCUT2D eigenvalue weighted by molar-refractivity contribution is -0.141. The predicted molar refractivity (Wildman–Crippen MR) is 89.9 cm³/mol. The zero-order valence-electron chi connectivity index (χ0n) is 14.6. The first-order chi connectivity index (χ1) is 12.4. The molecule has 1 aliphatic rings. The molecule has 0 aliphatic carbocycles. The molecule has 0 aromatic carbocycles. The Bertz CT molecular complexity index is 755. The average molecular weight is 367 g/mol. The molecular formula is C17H20F3N5O. The van der Waals surface area contributed by atoms with Crippen molar-refractivity contribution < 1.29 is 17.9 Å². The number of halogens is 3. The van der Waals surface area contributed by atoms with Gasteiger partial charge in [-0.2, -0.15) is 13.2 Å². The molecule has 1 unspecified atom stereocenters. The highest BCUT2D eigenvalue weighted by Gasteiger charge is 2.34. The fourth-order valence-corrected chi connectivity index (χ4v) is 2.94. The van der Waals surface area contributed by atoms with Crippen LogP contribution in [-0.2, 0) is 12.7 Å². The highest BCUT2D eigenvalue weighted by molar-refractivity contribution is 5.32. The summed E-state index contributed by atoms with van der Waals surface area (Å²) in [6, 6.07) is 6.61. The molecule has 140 valence electrons. The SMILES string of the molecule is COc1cccc(CN2CCN(c3nccc(C(F)(F)F)n3)CC2C)n1. The van der Waals surface area contributed by atoms with Crippen LogP contribution in [0.1, 0.15) is 18.3 Å². The van der Waals surface area contributed by atoms with E-state index in [4.69, 9.17) is 4.74 Å². The first-order valence-electron chi connectivity index (χ1n) is 8.26. The first kappa shape index (κ1) is 18.4. The minimum Gasteiger partial charge on any atom is -0.481 e. The number of rotatable bonds is 4. The number of alkyl halides is 3. The molecule has 3 rings (SSSR count). The summed E-state index contributed by atoms with van der Waals surface area (Å²) in [6.45, 7) is 4.45. The Kier molecular flexibility index (Phi) is 5.26. The molecule has 1 aliphatic heterocycles. The van der Waals surface area contributed by atoms with Crippen LogP contribution in [-0.4, -0.2) is 52.6 Å². The predicted octanol–water partition coefficient (Wildman–Crippen LogP) is 2.61.